The van der Waals surface area contributed by atoms with Crippen molar-refractivity contribution in [3.05, 3.63) is 35.9 Å². The lowest BCUT2D eigenvalue weighted by atomic mass is 9.96. The van der Waals surface area contributed by atoms with Crippen molar-refractivity contribution in [2.75, 3.05) is 7.05 Å². The van der Waals surface area contributed by atoms with E-state index in [9.17, 15) is 9.18 Å². The predicted octanol–water partition coefficient (Wildman–Crippen LogP) is 1.73. The number of nitrogens with zero attached hydrogens (tertiary/aromatic N) is 1. The van der Waals surface area contributed by atoms with E-state index in [1.807, 2.05) is 42.3 Å². The number of nitrogens with one attached hydrogen (secondary N) is 1. The molecule has 1 heterocycles. The van der Waals surface area contributed by atoms with E-state index in [2.05, 4.69) is 5.32 Å². The fourth-order valence-electron chi connectivity index (χ4n) is 3.45. The number of amides is 1. The first-order valence-electron chi connectivity index (χ1n) is 6.84. The van der Waals surface area contributed by atoms with Crippen LogP contribution in [0.25, 0.3) is 0 Å². The van der Waals surface area contributed by atoms with Gasteiger partial charge in [-0.25, -0.2) is 4.39 Å². The zero-order valence-corrected chi connectivity index (χ0v) is 11.1. The summed E-state index contributed by atoms with van der Waals surface area (Å²) in [5.41, 5.74) is 1.07. The summed E-state index contributed by atoms with van der Waals surface area (Å²) >= 11 is 0. The highest BCUT2D eigenvalue weighted by Gasteiger charge is 2.52. The number of halogens is 1. The Balaban J connectivity index is 1.62. The SMILES string of the molecule is CN1[C@H]2C[C@@H]([C@H](F)C2)[C@@H]1C(=O)NCc1ccccc1. The first-order chi connectivity index (χ1) is 9.16. The highest BCUT2D eigenvalue weighted by molar-refractivity contribution is 5.82. The first kappa shape index (κ1) is 12.6. The van der Waals surface area contributed by atoms with Gasteiger partial charge in [0.05, 0.1) is 6.04 Å². The number of hydrogen-bond donors (Lipinski definition) is 1. The summed E-state index contributed by atoms with van der Waals surface area (Å²) in [6.45, 7) is 0.512. The summed E-state index contributed by atoms with van der Waals surface area (Å²) < 4.78 is 13.8. The molecule has 3 nitrogen and oxygen atoms in total. The lowest BCUT2D eigenvalue weighted by Crippen LogP contribution is -2.51. The molecule has 1 N–H and O–H groups in total. The van der Waals surface area contributed by atoms with E-state index in [4.69, 9.17) is 0 Å². The van der Waals surface area contributed by atoms with Crippen molar-refractivity contribution in [1.82, 2.24) is 10.2 Å². The lowest BCUT2D eigenvalue weighted by molar-refractivity contribution is -0.128. The average Bonchev–Trinajstić information content (AvgIpc) is 2.94. The molecule has 4 heteroatoms. The van der Waals surface area contributed by atoms with Crippen LogP contribution in [0.2, 0.25) is 0 Å². The Hall–Kier alpha value is -1.42. The van der Waals surface area contributed by atoms with Crippen LogP contribution in [0.4, 0.5) is 4.39 Å². The van der Waals surface area contributed by atoms with Crippen molar-refractivity contribution in [2.45, 2.75) is 37.6 Å². The smallest absolute Gasteiger partial charge is 0.238 e. The van der Waals surface area contributed by atoms with Crippen LogP contribution in [0, 0.1) is 5.92 Å². The Morgan fingerprint density at radius 2 is 2.11 bits per heavy atom. The van der Waals surface area contributed by atoms with Gasteiger partial charge in [-0.05, 0) is 25.5 Å². The number of carbonyl (C=O) groups excluding carboxylic acids is 1. The number of likely N-dealkylation sites (N-methyl/N-ethyl adjacent to an activating group) is 1. The van der Waals surface area contributed by atoms with Gasteiger partial charge in [-0.3, -0.25) is 9.69 Å². The molecule has 1 amide bonds. The third-order valence-electron chi connectivity index (χ3n) is 4.50. The highest BCUT2D eigenvalue weighted by Crippen LogP contribution is 2.43. The van der Waals surface area contributed by atoms with Crippen LogP contribution in [-0.2, 0) is 11.3 Å². The predicted molar refractivity (Wildman–Crippen MR) is 71.2 cm³/mol. The summed E-state index contributed by atoms with van der Waals surface area (Å²) in [6, 6.07) is 9.74. The van der Waals surface area contributed by atoms with Gasteiger partial charge in [0.25, 0.3) is 0 Å². The van der Waals surface area contributed by atoms with E-state index in [0.717, 1.165) is 12.0 Å². The molecule has 1 saturated carbocycles. The number of fused-ring (bicyclic) bond motifs is 2. The Morgan fingerprint density at radius 1 is 1.37 bits per heavy atom. The minimum atomic E-state index is -0.811. The molecule has 2 bridgehead atoms. The molecule has 102 valence electrons. The fourth-order valence-corrected chi connectivity index (χ4v) is 3.45. The van der Waals surface area contributed by atoms with E-state index in [1.165, 1.54) is 0 Å². The molecule has 0 spiro atoms. The van der Waals surface area contributed by atoms with Crippen LogP contribution >= 0.6 is 0 Å². The molecule has 2 aliphatic rings. The molecule has 1 aromatic carbocycles. The van der Waals surface area contributed by atoms with E-state index in [1.54, 1.807) is 0 Å². The molecule has 0 aromatic heterocycles. The topological polar surface area (TPSA) is 32.3 Å². The lowest BCUT2D eigenvalue weighted by Gasteiger charge is -2.32. The molecule has 19 heavy (non-hydrogen) atoms. The van der Waals surface area contributed by atoms with Crippen molar-refractivity contribution in [2.24, 2.45) is 5.92 Å². The molecule has 2 fully saturated rings. The fraction of sp³-hybridized carbons (Fsp3) is 0.533. The maximum Gasteiger partial charge on any atom is 0.238 e. The number of alkyl halides is 1. The Morgan fingerprint density at radius 3 is 2.79 bits per heavy atom. The molecular weight excluding hydrogens is 243 g/mol. The van der Waals surface area contributed by atoms with Gasteiger partial charge in [0.2, 0.25) is 5.91 Å². The van der Waals surface area contributed by atoms with Crippen molar-refractivity contribution in [3.63, 3.8) is 0 Å². The molecular formula is C15H19FN2O. The maximum atomic E-state index is 13.8. The molecule has 1 aromatic rings. The molecule has 1 saturated heterocycles. The average molecular weight is 262 g/mol. The first-order valence-corrected chi connectivity index (χ1v) is 6.84. The van der Waals surface area contributed by atoms with Gasteiger partial charge in [-0.15, -0.1) is 0 Å². The van der Waals surface area contributed by atoms with Gasteiger partial charge in [0.1, 0.15) is 6.17 Å². The quantitative estimate of drug-likeness (QED) is 0.900. The Kier molecular flexibility index (Phi) is 3.27. The van der Waals surface area contributed by atoms with Crippen molar-refractivity contribution in [1.29, 1.82) is 0 Å². The molecule has 1 aliphatic carbocycles. The second-order valence-electron chi connectivity index (χ2n) is 5.62. The van der Waals surface area contributed by atoms with Crippen LogP contribution in [0.1, 0.15) is 18.4 Å². The van der Waals surface area contributed by atoms with Gasteiger partial charge in [-0.1, -0.05) is 30.3 Å². The van der Waals surface area contributed by atoms with Crippen LogP contribution in [0.3, 0.4) is 0 Å². The van der Waals surface area contributed by atoms with Gasteiger partial charge in [0, 0.05) is 18.5 Å². The van der Waals surface area contributed by atoms with E-state index in [-0.39, 0.29) is 23.9 Å². The van der Waals surface area contributed by atoms with E-state index >= 15 is 0 Å². The second-order valence-corrected chi connectivity index (χ2v) is 5.62. The van der Waals surface area contributed by atoms with Crippen molar-refractivity contribution in [3.8, 4) is 0 Å². The van der Waals surface area contributed by atoms with Crippen LogP contribution in [-0.4, -0.2) is 36.1 Å². The van der Waals surface area contributed by atoms with Crippen LogP contribution in [0.15, 0.2) is 30.3 Å². The largest absolute Gasteiger partial charge is 0.351 e. The van der Waals surface area contributed by atoms with Crippen LogP contribution < -0.4 is 5.32 Å². The summed E-state index contributed by atoms with van der Waals surface area (Å²) in [5, 5.41) is 2.93. The minimum absolute atomic E-state index is 0.0406. The van der Waals surface area contributed by atoms with Crippen LogP contribution in [0.5, 0.6) is 0 Å². The number of piperidine rings is 1. The number of hydrogen-bond acceptors (Lipinski definition) is 2. The zero-order valence-electron chi connectivity index (χ0n) is 11.1. The van der Waals surface area contributed by atoms with Gasteiger partial charge in [-0.2, -0.15) is 0 Å². The van der Waals surface area contributed by atoms with E-state index in [0.29, 0.717) is 13.0 Å². The van der Waals surface area contributed by atoms with Crippen molar-refractivity contribution >= 4 is 5.91 Å². The number of carbonyl (C=O) groups is 1. The summed E-state index contributed by atoms with van der Waals surface area (Å²) in [4.78, 5) is 14.3. The molecule has 1 aliphatic heterocycles. The van der Waals surface area contributed by atoms with Crippen molar-refractivity contribution < 1.29 is 9.18 Å². The molecule has 0 radical (unpaired) electrons. The van der Waals surface area contributed by atoms with Gasteiger partial charge in [0.15, 0.2) is 0 Å². The number of likely N-dealkylation sites (tertiary alicyclic amines) is 1. The zero-order chi connectivity index (χ0) is 13.4. The Bertz CT molecular complexity index is 464. The van der Waals surface area contributed by atoms with Gasteiger partial charge >= 0.3 is 0 Å². The Labute approximate surface area is 112 Å². The standard InChI is InChI=1S/C15H19FN2O/c1-18-11-7-12(13(16)8-11)14(18)15(19)17-9-10-5-3-2-4-6-10/h2-6,11-14H,7-9H2,1H3,(H,17,19)/t11-,12-,13+,14+/m0/s1. The molecule has 3 rings (SSSR count). The summed E-state index contributed by atoms with van der Waals surface area (Å²) in [5.74, 6) is -0.160. The normalized spacial score (nSPS) is 33.6. The van der Waals surface area contributed by atoms with Gasteiger partial charge < -0.3 is 5.32 Å². The monoisotopic (exact) mass is 262 g/mol. The molecule has 4 atom stereocenters. The second kappa shape index (κ2) is 4.93. The number of benzene rings is 1. The molecule has 0 unspecified atom stereocenters. The third-order valence-corrected chi connectivity index (χ3v) is 4.50. The third kappa shape index (κ3) is 2.25. The summed E-state index contributed by atoms with van der Waals surface area (Å²) in [6.07, 6.45) is 0.596. The maximum absolute atomic E-state index is 13.8. The summed E-state index contributed by atoms with van der Waals surface area (Å²) in [7, 11) is 1.93. The highest BCUT2D eigenvalue weighted by atomic mass is 19.1. The number of rotatable bonds is 3. The van der Waals surface area contributed by atoms with E-state index < -0.39 is 6.17 Å². The minimum Gasteiger partial charge on any atom is -0.351 e.